The van der Waals surface area contributed by atoms with Gasteiger partial charge >= 0.3 is 5.97 Å². The average Bonchev–Trinajstić information content (AvgIpc) is 2.79. The molecule has 3 aromatic carbocycles. The molecule has 4 rings (SSSR count). The second kappa shape index (κ2) is 8.08. The predicted molar refractivity (Wildman–Crippen MR) is 111 cm³/mol. The van der Waals surface area contributed by atoms with Crippen molar-refractivity contribution in [3.63, 3.8) is 0 Å². The van der Waals surface area contributed by atoms with Crippen molar-refractivity contribution >= 4 is 16.9 Å². The number of rotatable bonds is 5. The van der Waals surface area contributed by atoms with Crippen LogP contribution in [0.5, 0.6) is 23.1 Å². The van der Waals surface area contributed by atoms with E-state index in [2.05, 4.69) is 9.97 Å². The van der Waals surface area contributed by atoms with Crippen LogP contribution in [0.3, 0.4) is 0 Å². The highest BCUT2D eigenvalue weighted by molar-refractivity contribution is 5.89. The molecule has 1 aromatic heterocycles. The molecule has 0 radical (unpaired) electrons. The second-order valence-corrected chi connectivity index (χ2v) is 6.34. The van der Waals surface area contributed by atoms with Gasteiger partial charge in [0.25, 0.3) is 0 Å². The Bertz CT molecular complexity index is 1220. The van der Waals surface area contributed by atoms with E-state index in [9.17, 15) is 9.90 Å². The maximum Gasteiger partial charge on any atom is 0.337 e. The van der Waals surface area contributed by atoms with Gasteiger partial charge in [-0.25, -0.2) is 9.78 Å². The first kappa shape index (κ1) is 19.2. The Labute approximate surface area is 172 Å². The molecule has 0 amide bonds. The maximum absolute atomic E-state index is 11.6. The minimum atomic E-state index is -0.426. The molecule has 4 aromatic rings. The van der Waals surface area contributed by atoms with E-state index >= 15 is 0 Å². The monoisotopic (exact) mass is 402 g/mol. The van der Waals surface area contributed by atoms with Crippen LogP contribution in [0, 0.1) is 0 Å². The van der Waals surface area contributed by atoms with E-state index in [4.69, 9.17) is 14.2 Å². The third kappa shape index (κ3) is 3.60. The SMILES string of the molecule is COC(=O)c1ccc(Oc2nc(-c3cccc(OC)c3O)nc3ccccc23)cc1. The van der Waals surface area contributed by atoms with Gasteiger partial charge in [-0.05, 0) is 48.5 Å². The summed E-state index contributed by atoms with van der Waals surface area (Å²) < 4.78 is 15.9. The fraction of sp³-hybridized carbons (Fsp3) is 0.0870. The lowest BCUT2D eigenvalue weighted by Crippen LogP contribution is -2.01. The van der Waals surface area contributed by atoms with Gasteiger partial charge in [0.15, 0.2) is 17.3 Å². The first-order valence-electron chi connectivity index (χ1n) is 9.10. The molecule has 0 aliphatic rings. The van der Waals surface area contributed by atoms with Crippen molar-refractivity contribution in [1.29, 1.82) is 0 Å². The number of esters is 1. The molecule has 0 atom stereocenters. The number of hydrogen-bond donors (Lipinski definition) is 1. The van der Waals surface area contributed by atoms with E-state index in [1.807, 2.05) is 24.3 Å². The number of nitrogens with zero attached hydrogens (tertiary/aromatic N) is 2. The molecule has 0 aliphatic carbocycles. The zero-order chi connectivity index (χ0) is 21.1. The van der Waals surface area contributed by atoms with Crippen molar-refractivity contribution < 1.29 is 24.1 Å². The molecule has 1 N–H and O–H groups in total. The van der Waals surface area contributed by atoms with Crippen LogP contribution in [0.25, 0.3) is 22.3 Å². The number of benzene rings is 3. The van der Waals surface area contributed by atoms with E-state index in [-0.39, 0.29) is 5.75 Å². The molecule has 0 saturated heterocycles. The van der Waals surface area contributed by atoms with Crippen LogP contribution in [0.2, 0.25) is 0 Å². The number of phenolic OH excluding ortho intramolecular Hbond substituents is 1. The number of carbonyl (C=O) groups excluding carboxylic acids is 1. The number of aromatic nitrogens is 2. The summed E-state index contributed by atoms with van der Waals surface area (Å²) in [6, 6.07) is 19.1. The quantitative estimate of drug-likeness (QED) is 0.488. The number of phenols is 1. The lowest BCUT2D eigenvalue weighted by atomic mass is 10.1. The topological polar surface area (TPSA) is 90.8 Å². The first-order chi connectivity index (χ1) is 14.6. The Morgan fingerprint density at radius 2 is 1.67 bits per heavy atom. The van der Waals surface area contributed by atoms with Gasteiger partial charge in [-0.1, -0.05) is 18.2 Å². The summed E-state index contributed by atoms with van der Waals surface area (Å²) in [7, 11) is 2.81. The van der Waals surface area contributed by atoms with Crippen molar-refractivity contribution in [3.05, 3.63) is 72.3 Å². The van der Waals surface area contributed by atoms with Gasteiger partial charge < -0.3 is 19.3 Å². The number of ether oxygens (including phenoxy) is 3. The molecular formula is C23H18N2O5. The molecule has 30 heavy (non-hydrogen) atoms. The number of methoxy groups -OCH3 is 2. The van der Waals surface area contributed by atoms with Crippen LogP contribution in [-0.2, 0) is 4.74 Å². The zero-order valence-corrected chi connectivity index (χ0v) is 16.3. The molecule has 0 fully saturated rings. The minimum absolute atomic E-state index is 0.0522. The fourth-order valence-electron chi connectivity index (χ4n) is 3.00. The Balaban J connectivity index is 1.79. The average molecular weight is 402 g/mol. The summed E-state index contributed by atoms with van der Waals surface area (Å²) in [6.45, 7) is 0. The molecule has 0 aliphatic heterocycles. The Morgan fingerprint density at radius 1 is 0.900 bits per heavy atom. The van der Waals surface area contributed by atoms with Gasteiger partial charge in [0, 0.05) is 0 Å². The summed E-state index contributed by atoms with van der Waals surface area (Å²) in [6.07, 6.45) is 0. The van der Waals surface area contributed by atoms with Crippen molar-refractivity contribution in [2.24, 2.45) is 0 Å². The van der Waals surface area contributed by atoms with Gasteiger partial charge in [0.2, 0.25) is 5.88 Å². The van der Waals surface area contributed by atoms with E-state index in [1.165, 1.54) is 14.2 Å². The summed E-state index contributed by atoms with van der Waals surface area (Å²) in [4.78, 5) is 20.7. The molecule has 7 heteroatoms. The molecule has 0 saturated carbocycles. The number of carbonyl (C=O) groups is 1. The third-order valence-electron chi connectivity index (χ3n) is 4.52. The minimum Gasteiger partial charge on any atom is -0.504 e. The smallest absolute Gasteiger partial charge is 0.337 e. The number of aromatic hydroxyl groups is 1. The predicted octanol–water partition coefficient (Wildman–Crippen LogP) is 4.59. The van der Waals surface area contributed by atoms with Gasteiger partial charge in [-0.3, -0.25) is 0 Å². The van der Waals surface area contributed by atoms with E-state index in [0.29, 0.717) is 45.2 Å². The molecule has 0 bridgehead atoms. The van der Waals surface area contributed by atoms with E-state index in [0.717, 1.165) is 0 Å². The maximum atomic E-state index is 11.6. The highest BCUT2D eigenvalue weighted by atomic mass is 16.5. The molecule has 0 spiro atoms. The lowest BCUT2D eigenvalue weighted by molar-refractivity contribution is 0.0600. The Morgan fingerprint density at radius 3 is 2.40 bits per heavy atom. The first-order valence-corrected chi connectivity index (χ1v) is 9.10. The van der Waals surface area contributed by atoms with Crippen LogP contribution in [0.1, 0.15) is 10.4 Å². The molecule has 1 heterocycles. The molecule has 7 nitrogen and oxygen atoms in total. The van der Waals surface area contributed by atoms with Gasteiger partial charge in [0.05, 0.1) is 36.2 Å². The van der Waals surface area contributed by atoms with Crippen LogP contribution in [0.15, 0.2) is 66.7 Å². The summed E-state index contributed by atoms with van der Waals surface area (Å²) in [5, 5.41) is 11.2. The second-order valence-electron chi connectivity index (χ2n) is 6.34. The Kier molecular flexibility index (Phi) is 5.17. The normalized spacial score (nSPS) is 10.6. The number of para-hydroxylation sites is 2. The highest BCUT2D eigenvalue weighted by Gasteiger charge is 2.16. The van der Waals surface area contributed by atoms with Crippen molar-refractivity contribution in [1.82, 2.24) is 9.97 Å². The molecule has 0 unspecified atom stereocenters. The van der Waals surface area contributed by atoms with Crippen molar-refractivity contribution in [2.75, 3.05) is 14.2 Å². The highest BCUT2D eigenvalue weighted by Crippen LogP contribution is 2.37. The lowest BCUT2D eigenvalue weighted by Gasteiger charge is -2.12. The molecule has 150 valence electrons. The Hall–Kier alpha value is -4.13. The van der Waals surface area contributed by atoms with Crippen LogP contribution in [0.4, 0.5) is 0 Å². The van der Waals surface area contributed by atoms with Crippen LogP contribution in [-0.4, -0.2) is 35.3 Å². The number of hydrogen-bond acceptors (Lipinski definition) is 7. The van der Waals surface area contributed by atoms with Gasteiger partial charge in [-0.2, -0.15) is 4.98 Å². The van der Waals surface area contributed by atoms with Crippen LogP contribution < -0.4 is 9.47 Å². The summed E-state index contributed by atoms with van der Waals surface area (Å²) in [5.74, 6) is 0.959. The standard InChI is InChI=1S/C23H18N2O5/c1-28-19-9-5-7-17(20(19)26)21-24-18-8-4-3-6-16(18)22(25-21)30-15-12-10-14(11-13-15)23(27)29-2/h3-13,26H,1-2H3. The van der Waals surface area contributed by atoms with Gasteiger partial charge in [0.1, 0.15) is 5.75 Å². The van der Waals surface area contributed by atoms with Crippen LogP contribution >= 0.6 is 0 Å². The van der Waals surface area contributed by atoms with Gasteiger partial charge in [-0.15, -0.1) is 0 Å². The zero-order valence-electron chi connectivity index (χ0n) is 16.3. The van der Waals surface area contributed by atoms with E-state index < -0.39 is 5.97 Å². The fourth-order valence-corrected chi connectivity index (χ4v) is 3.00. The van der Waals surface area contributed by atoms with Crippen molar-refractivity contribution in [3.8, 4) is 34.5 Å². The third-order valence-corrected chi connectivity index (χ3v) is 4.52. The molecular weight excluding hydrogens is 384 g/mol. The largest absolute Gasteiger partial charge is 0.504 e. The van der Waals surface area contributed by atoms with E-state index in [1.54, 1.807) is 42.5 Å². The van der Waals surface area contributed by atoms with Crippen molar-refractivity contribution in [2.45, 2.75) is 0 Å². The summed E-state index contributed by atoms with van der Waals surface area (Å²) in [5.41, 5.74) is 1.50. The number of fused-ring (bicyclic) bond motifs is 1. The summed E-state index contributed by atoms with van der Waals surface area (Å²) >= 11 is 0.